The Balaban J connectivity index is 1.43. The maximum absolute atomic E-state index is 14.6. The molecule has 164 valence electrons. The average molecular weight is 423 g/mol. The monoisotopic (exact) mass is 422 g/mol. The quantitative estimate of drug-likeness (QED) is 0.377. The molecule has 31 heavy (non-hydrogen) atoms. The van der Waals surface area contributed by atoms with Crippen LogP contribution in [-0.2, 0) is 0 Å². The van der Waals surface area contributed by atoms with E-state index in [0.717, 1.165) is 17.0 Å². The van der Waals surface area contributed by atoms with Gasteiger partial charge in [0.15, 0.2) is 11.6 Å². The third kappa shape index (κ3) is 4.92. The van der Waals surface area contributed by atoms with Crippen LogP contribution in [0.4, 0.5) is 8.78 Å². The third-order valence-corrected chi connectivity index (χ3v) is 7.01. The highest BCUT2D eigenvalue weighted by molar-refractivity contribution is 5.89. The summed E-state index contributed by atoms with van der Waals surface area (Å²) in [5, 5.41) is 9.81. The zero-order valence-electron chi connectivity index (χ0n) is 18.3. The van der Waals surface area contributed by atoms with Gasteiger partial charge in [0.25, 0.3) is 0 Å². The molecular formula is C28H32F2O. The zero-order chi connectivity index (χ0) is 21.8. The lowest BCUT2D eigenvalue weighted by Gasteiger charge is -2.29. The molecule has 0 aliphatic heterocycles. The van der Waals surface area contributed by atoms with Gasteiger partial charge in [0.1, 0.15) is 5.82 Å². The molecule has 0 saturated heterocycles. The molecule has 1 fully saturated rings. The van der Waals surface area contributed by atoms with E-state index in [-0.39, 0.29) is 5.39 Å². The van der Waals surface area contributed by atoms with E-state index in [4.69, 9.17) is 0 Å². The number of benzene rings is 3. The molecule has 1 saturated carbocycles. The summed E-state index contributed by atoms with van der Waals surface area (Å²) in [5.41, 5.74) is 3.01. The number of fused-ring (bicyclic) bond motifs is 1. The van der Waals surface area contributed by atoms with Gasteiger partial charge in [-0.2, -0.15) is 0 Å². The smallest absolute Gasteiger partial charge is 0.175 e. The molecule has 1 nitrogen and oxygen atoms in total. The number of hydrogen-bond acceptors (Lipinski definition) is 1. The summed E-state index contributed by atoms with van der Waals surface area (Å²) in [6, 6.07) is 14.4. The molecule has 0 unspecified atom stereocenters. The molecule has 0 spiro atoms. The average Bonchev–Trinajstić information content (AvgIpc) is 2.79. The Bertz CT molecular complexity index is 1020. The van der Waals surface area contributed by atoms with Gasteiger partial charge in [0.05, 0.1) is 5.39 Å². The van der Waals surface area contributed by atoms with Crippen molar-refractivity contribution in [1.82, 2.24) is 0 Å². The molecular weight excluding hydrogens is 390 g/mol. The van der Waals surface area contributed by atoms with Gasteiger partial charge in [-0.25, -0.2) is 8.78 Å². The molecule has 4 rings (SSSR count). The van der Waals surface area contributed by atoms with Gasteiger partial charge >= 0.3 is 0 Å². The minimum absolute atomic E-state index is 0.160. The third-order valence-electron chi connectivity index (χ3n) is 7.01. The van der Waals surface area contributed by atoms with Gasteiger partial charge in [-0.1, -0.05) is 69.4 Å². The van der Waals surface area contributed by atoms with E-state index >= 15 is 0 Å². The topological polar surface area (TPSA) is 20.2 Å². The highest BCUT2D eigenvalue weighted by Gasteiger charge is 2.22. The van der Waals surface area contributed by atoms with Crippen molar-refractivity contribution in [2.75, 3.05) is 0 Å². The summed E-state index contributed by atoms with van der Waals surface area (Å²) in [5.74, 6) is -0.571. The predicted octanol–water partition coefficient (Wildman–Crippen LogP) is 8.73. The van der Waals surface area contributed by atoms with Crippen LogP contribution in [0.1, 0.15) is 76.2 Å². The van der Waals surface area contributed by atoms with E-state index in [1.807, 2.05) is 12.1 Å². The summed E-state index contributed by atoms with van der Waals surface area (Å²) in [6.07, 6.45) is 12.0. The Morgan fingerprint density at radius 2 is 1.58 bits per heavy atom. The zero-order valence-corrected chi connectivity index (χ0v) is 18.3. The second kappa shape index (κ2) is 9.80. The first kappa shape index (κ1) is 21.8. The second-order valence-corrected chi connectivity index (χ2v) is 9.14. The SMILES string of the molecule is CCCCCCC1CCC(c2ccc(-c3cc(F)c4c(F)c(O)ccc4c3)cc2)CC1. The molecule has 0 radical (unpaired) electrons. The molecule has 0 bridgehead atoms. The van der Waals surface area contributed by atoms with Crippen molar-refractivity contribution >= 4 is 10.8 Å². The van der Waals surface area contributed by atoms with Crippen LogP contribution in [0.5, 0.6) is 5.75 Å². The lowest BCUT2D eigenvalue weighted by Crippen LogP contribution is -2.13. The summed E-state index contributed by atoms with van der Waals surface area (Å²) in [4.78, 5) is 0. The maximum Gasteiger partial charge on any atom is 0.175 e. The first-order valence-corrected chi connectivity index (χ1v) is 11.8. The number of hydrogen-bond donors (Lipinski definition) is 1. The summed E-state index contributed by atoms with van der Waals surface area (Å²) in [6.45, 7) is 2.26. The van der Waals surface area contributed by atoms with Gasteiger partial charge in [-0.05, 0) is 77.8 Å². The number of phenols is 1. The molecule has 0 aromatic heterocycles. The van der Waals surface area contributed by atoms with Gasteiger partial charge in [-0.3, -0.25) is 0 Å². The Kier molecular flexibility index (Phi) is 6.89. The minimum Gasteiger partial charge on any atom is -0.505 e. The molecule has 3 heteroatoms. The summed E-state index contributed by atoms with van der Waals surface area (Å²) < 4.78 is 28.7. The predicted molar refractivity (Wildman–Crippen MR) is 124 cm³/mol. The highest BCUT2D eigenvalue weighted by atomic mass is 19.1. The van der Waals surface area contributed by atoms with Crippen molar-refractivity contribution in [1.29, 1.82) is 0 Å². The van der Waals surface area contributed by atoms with Gasteiger partial charge in [-0.15, -0.1) is 0 Å². The standard InChI is InChI=1S/C28H32F2O/c1-2-3-4-5-6-19-7-9-20(10-8-19)21-11-13-22(14-12-21)24-17-23-15-16-26(31)28(30)27(23)25(29)18-24/h11-20,31H,2-10H2,1H3. The van der Waals surface area contributed by atoms with Gasteiger partial charge in [0, 0.05) is 0 Å². The fraction of sp³-hybridized carbons (Fsp3) is 0.429. The Hall–Kier alpha value is -2.42. The Labute approximate surface area is 184 Å². The van der Waals surface area contributed by atoms with Crippen molar-refractivity contribution in [3.05, 3.63) is 65.7 Å². The van der Waals surface area contributed by atoms with Crippen LogP contribution in [0.3, 0.4) is 0 Å². The lowest BCUT2D eigenvalue weighted by molar-refractivity contribution is 0.302. The molecule has 3 aromatic carbocycles. The van der Waals surface area contributed by atoms with Crippen LogP contribution in [0.2, 0.25) is 0 Å². The Morgan fingerprint density at radius 3 is 2.29 bits per heavy atom. The largest absolute Gasteiger partial charge is 0.505 e. The van der Waals surface area contributed by atoms with E-state index in [1.165, 1.54) is 75.5 Å². The highest BCUT2D eigenvalue weighted by Crippen LogP contribution is 2.39. The number of halogens is 2. The van der Waals surface area contributed by atoms with E-state index in [0.29, 0.717) is 11.3 Å². The fourth-order valence-electron chi connectivity index (χ4n) is 5.12. The van der Waals surface area contributed by atoms with E-state index in [9.17, 15) is 13.9 Å². The van der Waals surface area contributed by atoms with Crippen LogP contribution in [0, 0.1) is 17.6 Å². The second-order valence-electron chi connectivity index (χ2n) is 9.14. The molecule has 0 atom stereocenters. The van der Waals surface area contributed by atoms with Crippen LogP contribution in [0.15, 0.2) is 48.5 Å². The fourth-order valence-corrected chi connectivity index (χ4v) is 5.12. The normalized spacial score (nSPS) is 19.1. The summed E-state index contributed by atoms with van der Waals surface area (Å²) >= 11 is 0. The van der Waals surface area contributed by atoms with E-state index in [2.05, 4.69) is 19.1 Å². The molecule has 1 aliphatic rings. The van der Waals surface area contributed by atoms with Crippen LogP contribution in [-0.4, -0.2) is 5.11 Å². The van der Waals surface area contributed by atoms with Crippen LogP contribution < -0.4 is 0 Å². The molecule has 3 aromatic rings. The van der Waals surface area contributed by atoms with E-state index < -0.39 is 17.4 Å². The lowest BCUT2D eigenvalue weighted by atomic mass is 9.77. The van der Waals surface area contributed by atoms with Crippen molar-refractivity contribution in [2.45, 2.75) is 70.6 Å². The van der Waals surface area contributed by atoms with Crippen molar-refractivity contribution in [3.63, 3.8) is 0 Å². The van der Waals surface area contributed by atoms with Crippen LogP contribution in [0.25, 0.3) is 21.9 Å². The van der Waals surface area contributed by atoms with Gasteiger partial charge < -0.3 is 5.11 Å². The van der Waals surface area contributed by atoms with Gasteiger partial charge in [0.2, 0.25) is 0 Å². The summed E-state index contributed by atoms with van der Waals surface area (Å²) in [7, 11) is 0. The number of aromatic hydroxyl groups is 1. The first-order valence-electron chi connectivity index (χ1n) is 11.8. The molecule has 1 N–H and O–H groups in total. The van der Waals surface area contributed by atoms with Crippen molar-refractivity contribution < 1.29 is 13.9 Å². The van der Waals surface area contributed by atoms with Crippen LogP contribution >= 0.6 is 0 Å². The first-order chi connectivity index (χ1) is 15.1. The van der Waals surface area contributed by atoms with Crippen molar-refractivity contribution in [2.24, 2.45) is 5.92 Å². The molecule has 0 heterocycles. The molecule has 1 aliphatic carbocycles. The Morgan fingerprint density at radius 1 is 0.839 bits per heavy atom. The number of unbranched alkanes of at least 4 members (excludes halogenated alkanes) is 3. The number of rotatable bonds is 7. The molecule has 0 amide bonds. The minimum atomic E-state index is -0.905. The maximum atomic E-state index is 14.6. The number of phenolic OH excluding ortho intramolecular Hbond substituents is 1. The van der Waals surface area contributed by atoms with Crippen molar-refractivity contribution in [3.8, 4) is 16.9 Å². The van der Waals surface area contributed by atoms with E-state index in [1.54, 1.807) is 12.1 Å².